The van der Waals surface area contributed by atoms with Gasteiger partial charge in [-0.25, -0.2) is 9.37 Å². The first-order chi connectivity index (χ1) is 18.4. The van der Waals surface area contributed by atoms with Crippen LogP contribution in [0.5, 0.6) is 5.75 Å². The maximum Gasteiger partial charge on any atom is 0.254 e. The lowest BCUT2D eigenvalue weighted by molar-refractivity contribution is -0.117. The lowest BCUT2D eigenvalue weighted by atomic mass is 10.1. The number of benzene rings is 3. The van der Waals surface area contributed by atoms with Crippen LogP contribution in [0.1, 0.15) is 28.8 Å². The van der Waals surface area contributed by atoms with Gasteiger partial charge in [0.25, 0.3) is 5.91 Å². The Bertz CT molecular complexity index is 1440. The molecule has 5 rings (SSSR count). The van der Waals surface area contributed by atoms with Gasteiger partial charge in [-0.05, 0) is 85.8 Å². The van der Waals surface area contributed by atoms with Gasteiger partial charge in [0, 0.05) is 29.6 Å². The number of methoxy groups -OCH3 is 1. The largest absolute Gasteiger partial charge is 0.497 e. The van der Waals surface area contributed by atoms with Crippen LogP contribution < -0.4 is 10.1 Å². The van der Waals surface area contributed by atoms with Crippen molar-refractivity contribution >= 4 is 17.8 Å². The van der Waals surface area contributed by atoms with Crippen LogP contribution in [0.4, 0.5) is 10.3 Å². The Morgan fingerprint density at radius 1 is 1.05 bits per heavy atom. The number of amides is 2. The van der Waals surface area contributed by atoms with Gasteiger partial charge in [-0.2, -0.15) is 0 Å². The van der Waals surface area contributed by atoms with Crippen molar-refractivity contribution in [2.24, 2.45) is 5.92 Å². The summed E-state index contributed by atoms with van der Waals surface area (Å²) >= 11 is 0. The molecule has 1 aliphatic rings. The monoisotopic (exact) mass is 512 g/mol. The number of hydrogen-bond donors (Lipinski definition) is 1. The minimum absolute atomic E-state index is 0.0994. The minimum atomic E-state index is -0.361. The maximum atomic E-state index is 13.6. The molecule has 0 unspecified atom stereocenters. The molecule has 1 fully saturated rings. The Labute approximate surface area is 220 Å². The van der Waals surface area contributed by atoms with Crippen LogP contribution in [0.3, 0.4) is 0 Å². The first-order valence-electron chi connectivity index (χ1n) is 12.6. The molecule has 1 aromatic heterocycles. The number of aromatic nitrogens is 2. The van der Waals surface area contributed by atoms with E-state index in [0.29, 0.717) is 35.2 Å². The van der Waals surface area contributed by atoms with Gasteiger partial charge in [-0.3, -0.25) is 19.5 Å². The number of rotatable bonds is 9. The van der Waals surface area contributed by atoms with E-state index in [4.69, 9.17) is 4.74 Å². The number of anilines is 1. The van der Waals surface area contributed by atoms with Gasteiger partial charge in [0.2, 0.25) is 11.9 Å². The van der Waals surface area contributed by atoms with Crippen LogP contribution in [0, 0.1) is 18.7 Å². The normalized spacial score (nSPS) is 12.7. The molecule has 1 saturated carbocycles. The lowest BCUT2D eigenvalue weighted by Crippen LogP contribution is -2.40. The van der Waals surface area contributed by atoms with Crippen LogP contribution in [-0.2, 0) is 4.79 Å². The zero-order chi connectivity index (χ0) is 26.6. The summed E-state index contributed by atoms with van der Waals surface area (Å²) in [6, 6.07) is 20.8. The van der Waals surface area contributed by atoms with Gasteiger partial charge in [-0.15, -0.1) is 0 Å². The third-order valence-electron chi connectivity index (χ3n) is 6.62. The fourth-order valence-corrected chi connectivity index (χ4v) is 4.32. The molecule has 3 aromatic carbocycles. The van der Waals surface area contributed by atoms with Gasteiger partial charge in [-0.1, -0.05) is 18.2 Å². The quantitative estimate of drug-likeness (QED) is 0.322. The van der Waals surface area contributed by atoms with E-state index < -0.39 is 0 Å². The van der Waals surface area contributed by atoms with E-state index in [-0.39, 0.29) is 30.1 Å². The average molecular weight is 513 g/mol. The van der Waals surface area contributed by atoms with E-state index in [1.165, 1.54) is 12.1 Å². The number of ether oxygens (including phenoxy) is 1. The first-order valence-corrected chi connectivity index (χ1v) is 12.6. The van der Waals surface area contributed by atoms with Gasteiger partial charge >= 0.3 is 0 Å². The zero-order valence-corrected chi connectivity index (χ0v) is 21.4. The van der Waals surface area contributed by atoms with Crippen molar-refractivity contribution in [3.05, 3.63) is 95.9 Å². The van der Waals surface area contributed by atoms with Crippen LogP contribution in [0.2, 0.25) is 0 Å². The second-order valence-electron chi connectivity index (χ2n) is 9.52. The minimum Gasteiger partial charge on any atom is -0.497 e. The highest BCUT2D eigenvalue weighted by Gasteiger charge is 2.29. The van der Waals surface area contributed by atoms with Crippen molar-refractivity contribution in [3.63, 3.8) is 0 Å². The third kappa shape index (κ3) is 5.75. The van der Waals surface area contributed by atoms with E-state index in [1.54, 1.807) is 41.0 Å². The van der Waals surface area contributed by atoms with Crippen LogP contribution in [0.15, 0.2) is 79.0 Å². The molecule has 1 N–H and O–H groups in total. The maximum absolute atomic E-state index is 13.6. The Hall–Kier alpha value is -4.46. The molecule has 8 heteroatoms. The van der Waals surface area contributed by atoms with Crippen molar-refractivity contribution in [2.75, 3.05) is 25.5 Å². The molecule has 38 heavy (non-hydrogen) atoms. The smallest absolute Gasteiger partial charge is 0.254 e. The van der Waals surface area contributed by atoms with E-state index in [2.05, 4.69) is 10.3 Å². The third-order valence-corrected chi connectivity index (χ3v) is 6.62. The molecule has 2 amide bonds. The summed E-state index contributed by atoms with van der Waals surface area (Å²) in [6.07, 6.45) is 3.89. The lowest BCUT2D eigenvalue weighted by Gasteiger charge is -2.23. The van der Waals surface area contributed by atoms with Gasteiger partial charge < -0.3 is 9.64 Å². The topological polar surface area (TPSA) is 76.5 Å². The number of hydrogen-bond acceptors (Lipinski definition) is 4. The standard InChI is InChI=1S/C30H29FN4O3/c1-20-5-3-4-6-26(20)29(37)34(17-21-7-8-21)19-28(36)33-30-32-27(22-9-15-25(38-2)16-10-22)18-35(30)24-13-11-23(31)12-14-24/h3-6,9-16,18,21H,7-8,17,19H2,1-2H3,(H,32,33,36). The fraction of sp³-hybridized carbons (Fsp3) is 0.233. The molecule has 0 saturated heterocycles. The summed E-state index contributed by atoms with van der Waals surface area (Å²) in [4.78, 5) is 32.9. The van der Waals surface area contributed by atoms with Crippen molar-refractivity contribution < 1.29 is 18.7 Å². The predicted molar refractivity (Wildman–Crippen MR) is 144 cm³/mol. The molecular weight excluding hydrogens is 483 g/mol. The molecule has 1 aliphatic carbocycles. The summed E-state index contributed by atoms with van der Waals surface area (Å²) < 4.78 is 20.6. The van der Waals surface area contributed by atoms with Crippen molar-refractivity contribution in [2.45, 2.75) is 19.8 Å². The molecule has 0 aliphatic heterocycles. The summed E-state index contributed by atoms with van der Waals surface area (Å²) in [5, 5.41) is 2.88. The van der Waals surface area contributed by atoms with Crippen LogP contribution in [-0.4, -0.2) is 46.5 Å². The van der Waals surface area contributed by atoms with Crippen molar-refractivity contribution in [1.82, 2.24) is 14.5 Å². The molecule has 0 atom stereocenters. The van der Waals surface area contributed by atoms with Crippen molar-refractivity contribution in [3.8, 4) is 22.7 Å². The summed E-state index contributed by atoms with van der Waals surface area (Å²) in [5.41, 5.74) is 3.55. The Morgan fingerprint density at radius 2 is 1.76 bits per heavy atom. The fourth-order valence-electron chi connectivity index (χ4n) is 4.32. The van der Waals surface area contributed by atoms with E-state index in [0.717, 1.165) is 24.0 Å². The molecule has 4 aromatic rings. The number of imidazole rings is 1. The number of halogens is 1. The molecule has 1 heterocycles. The Kier molecular flexibility index (Phi) is 7.22. The highest BCUT2D eigenvalue weighted by Crippen LogP contribution is 2.31. The second kappa shape index (κ2) is 10.9. The molecule has 0 bridgehead atoms. The highest BCUT2D eigenvalue weighted by molar-refractivity contribution is 6.00. The number of nitrogens with one attached hydrogen (secondary N) is 1. The second-order valence-corrected chi connectivity index (χ2v) is 9.52. The number of aryl methyl sites for hydroxylation is 1. The van der Waals surface area contributed by atoms with Gasteiger partial charge in [0.15, 0.2) is 0 Å². The van der Waals surface area contributed by atoms with Crippen molar-refractivity contribution in [1.29, 1.82) is 0 Å². The highest BCUT2D eigenvalue weighted by atomic mass is 19.1. The van der Waals surface area contributed by atoms with E-state index in [1.807, 2.05) is 49.4 Å². The average Bonchev–Trinajstić information content (AvgIpc) is 3.65. The van der Waals surface area contributed by atoms with Gasteiger partial charge in [0.1, 0.15) is 18.1 Å². The molecular formula is C30H29FN4O3. The molecule has 0 spiro atoms. The summed E-state index contributed by atoms with van der Waals surface area (Å²) in [6.45, 7) is 2.32. The van der Waals surface area contributed by atoms with E-state index in [9.17, 15) is 14.0 Å². The Balaban J connectivity index is 1.41. The summed E-state index contributed by atoms with van der Waals surface area (Å²) in [5.74, 6) is 0.532. The molecule has 0 radical (unpaired) electrons. The molecule has 7 nitrogen and oxygen atoms in total. The zero-order valence-electron chi connectivity index (χ0n) is 21.4. The molecule has 194 valence electrons. The number of carbonyl (C=O) groups excluding carboxylic acids is 2. The Morgan fingerprint density at radius 3 is 2.42 bits per heavy atom. The van der Waals surface area contributed by atoms with Crippen LogP contribution in [0.25, 0.3) is 16.9 Å². The number of nitrogens with zero attached hydrogens (tertiary/aromatic N) is 3. The summed E-state index contributed by atoms with van der Waals surface area (Å²) in [7, 11) is 1.60. The van der Waals surface area contributed by atoms with Crippen LogP contribution >= 0.6 is 0 Å². The number of carbonyl (C=O) groups is 2. The van der Waals surface area contributed by atoms with Gasteiger partial charge in [0.05, 0.1) is 12.8 Å². The van der Waals surface area contributed by atoms with E-state index >= 15 is 0 Å². The predicted octanol–water partition coefficient (Wildman–Crippen LogP) is 5.49. The first kappa shape index (κ1) is 25.2. The SMILES string of the molecule is COc1ccc(-c2cn(-c3ccc(F)cc3)c(NC(=O)CN(CC3CC3)C(=O)c3ccccc3C)n2)cc1.